The number of nitrogens with zero attached hydrogens (tertiary/aromatic N) is 1. The molecule has 6 heteroatoms. The molecule has 0 unspecified atom stereocenters. The fourth-order valence-corrected chi connectivity index (χ4v) is 1.52. The summed E-state index contributed by atoms with van der Waals surface area (Å²) in [6, 6.07) is 5.11. The first-order chi connectivity index (χ1) is 7.97. The number of hydrogen-bond acceptors (Lipinski definition) is 2. The lowest BCUT2D eigenvalue weighted by molar-refractivity contribution is -0.137. The highest BCUT2D eigenvalue weighted by atomic mass is 19.4. The van der Waals surface area contributed by atoms with Crippen LogP contribution in [0.3, 0.4) is 0 Å². The van der Waals surface area contributed by atoms with Crippen molar-refractivity contribution in [2.24, 2.45) is 0 Å². The minimum Gasteiger partial charge on any atom is -0.398 e. The van der Waals surface area contributed by atoms with Gasteiger partial charge >= 0.3 is 6.18 Å². The third-order valence-corrected chi connectivity index (χ3v) is 2.41. The summed E-state index contributed by atoms with van der Waals surface area (Å²) >= 11 is 0. The lowest BCUT2D eigenvalue weighted by Crippen LogP contribution is -2.07. The average molecular weight is 241 g/mol. The Bertz CT molecular complexity index is 503. The van der Waals surface area contributed by atoms with E-state index in [1.54, 1.807) is 12.3 Å². The molecule has 0 spiro atoms. The van der Waals surface area contributed by atoms with E-state index in [0.717, 1.165) is 17.8 Å². The van der Waals surface area contributed by atoms with Crippen LogP contribution in [-0.4, -0.2) is 10.2 Å². The van der Waals surface area contributed by atoms with Gasteiger partial charge in [0.2, 0.25) is 0 Å². The molecule has 1 heterocycles. The summed E-state index contributed by atoms with van der Waals surface area (Å²) in [4.78, 5) is 0. The number of rotatable bonds is 2. The van der Waals surface area contributed by atoms with E-state index in [9.17, 15) is 13.2 Å². The molecule has 0 radical (unpaired) electrons. The van der Waals surface area contributed by atoms with Crippen molar-refractivity contribution in [1.29, 1.82) is 0 Å². The van der Waals surface area contributed by atoms with Crippen LogP contribution < -0.4 is 5.73 Å². The van der Waals surface area contributed by atoms with E-state index in [-0.39, 0.29) is 5.69 Å². The minimum absolute atomic E-state index is 0.134. The smallest absolute Gasteiger partial charge is 0.398 e. The number of aromatic nitrogens is 2. The van der Waals surface area contributed by atoms with E-state index in [1.807, 2.05) is 0 Å². The molecule has 0 aliphatic heterocycles. The molecule has 1 aromatic carbocycles. The van der Waals surface area contributed by atoms with Crippen LogP contribution in [0.25, 0.3) is 0 Å². The average Bonchev–Trinajstić information content (AvgIpc) is 2.72. The highest BCUT2D eigenvalue weighted by Gasteiger charge is 2.30. The molecule has 2 aromatic rings. The zero-order valence-electron chi connectivity index (χ0n) is 8.75. The van der Waals surface area contributed by atoms with E-state index < -0.39 is 11.7 Å². The molecular formula is C11H10F3N3. The number of nitrogens with two attached hydrogens (primary N) is 1. The van der Waals surface area contributed by atoms with Crippen molar-refractivity contribution >= 4 is 5.69 Å². The zero-order valence-corrected chi connectivity index (χ0v) is 8.75. The number of hydrogen-bond donors (Lipinski definition) is 2. The van der Waals surface area contributed by atoms with Crippen molar-refractivity contribution in [3.8, 4) is 0 Å². The molecule has 0 saturated heterocycles. The van der Waals surface area contributed by atoms with Gasteiger partial charge in [0.05, 0.1) is 5.56 Å². The molecule has 90 valence electrons. The van der Waals surface area contributed by atoms with Gasteiger partial charge in [-0.1, -0.05) is 6.07 Å². The number of benzene rings is 1. The van der Waals surface area contributed by atoms with Crippen molar-refractivity contribution in [2.45, 2.75) is 12.6 Å². The van der Waals surface area contributed by atoms with Gasteiger partial charge in [-0.25, -0.2) is 0 Å². The van der Waals surface area contributed by atoms with Crippen LogP contribution in [-0.2, 0) is 12.6 Å². The molecule has 0 saturated carbocycles. The lowest BCUT2D eigenvalue weighted by Gasteiger charge is -2.10. The summed E-state index contributed by atoms with van der Waals surface area (Å²) in [7, 11) is 0. The number of nitrogens with one attached hydrogen (secondary N) is 1. The fourth-order valence-electron chi connectivity index (χ4n) is 1.52. The first kappa shape index (κ1) is 11.5. The number of nitrogen functional groups attached to an aromatic ring is 1. The van der Waals surface area contributed by atoms with Gasteiger partial charge in [-0.05, 0) is 23.8 Å². The van der Waals surface area contributed by atoms with Gasteiger partial charge in [0.25, 0.3) is 0 Å². The predicted molar refractivity (Wildman–Crippen MR) is 57.3 cm³/mol. The van der Waals surface area contributed by atoms with Crippen molar-refractivity contribution < 1.29 is 13.2 Å². The van der Waals surface area contributed by atoms with E-state index in [1.165, 1.54) is 6.07 Å². The maximum Gasteiger partial charge on any atom is 0.416 e. The third kappa shape index (κ3) is 2.58. The van der Waals surface area contributed by atoms with Crippen LogP contribution in [0.15, 0.2) is 30.5 Å². The Morgan fingerprint density at radius 2 is 2.00 bits per heavy atom. The molecule has 3 nitrogen and oxygen atoms in total. The summed E-state index contributed by atoms with van der Waals surface area (Å²) < 4.78 is 37.2. The Morgan fingerprint density at radius 1 is 1.24 bits per heavy atom. The van der Waals surface area contributed by atoms with Crippen LogP contribution in [0, 0.1) is 0 Å². The highest BCUT2D eigenvalue weighted by molar-refractivity contribution is 5.51. The minimum atomic E-state index is -4.36. The number of anilines is 1. The molecule has 0 aliphatic rings. The van der Waals surface area contributed by atoms with Crippen molar-refractivity contribution in [3.05, 3.63) is 47.3 Å². The molecule has 0 bridgehead atoms. The Balaban J connectivity index is 2.26. The normalized spacial score (nSPS) is 11.7. The zero-order chi connectivity index (χ0) is 12.5. The monoisotopic (exact) mass is 241 g/mol. The lowest BCUT2D eigenvalue weighted by atomic mass is 10.0. The van der Waals surface area contributed by atoms with Gasteiger partial charge in [0, 0.05) is 24.0 Å². The Kier molecular flexibility index (Phi) is 2.79. The second kappa shape index (κ2) is 4.12. The number of alkyl halides is 3. The third-order valence-electron chi connectivity index (χ3n) is 2.41. The van der Waals surface area contributed by atoms with Crippen LogP contribution in [0.1, 0.15) is 16.8 Å². The molecule has 2 rings (SSSR count). The molecule has 1 aromatic heterocycles. The van der Waals surface area contributed by atoms with Crippen molar-refractivity contribution in [3.63, 3.8) is 0 Å². The molecule has 0 amide bonds. The molecular weight excluding hydrogens is 231 g/mol. The SMILES string of the molecule is Nc1cc(C(F)(F)F)ccc1Cc1ccn[nH]1. The summed E-state index contributed by atoms with van der Waals surface area (Å²) in [6.07, 6.45) is -2.35. The summed E-state index contributed by atoms with van der Waals surface area (Å²) in [5, 5.41) is 6.49. The Labute approximate surface area is 95.5 Å². The number of H-pyrrole nitrogens is 1. The van der Waals surface area contributed by atoms with Crippen molar-refractivity contribution in [1.82, 2.24) is 10.2 Å². The van der Waals surface area contributed by atoms with Crippen LogP contribution in [0.5, 0.6) is 0 Å². The van der Waals surface area contributed by atoms with Gasteiger partial charge in [0.1, 0.15) is 0 Å². The van der Waals surface area contributed by atoms with Crippen LogP contribution >= 0.6 is 0 Å². The molecule has 3 N–H and O–H groups in total. The fraction of sp³-hybridized carbons (Fsp3) is 0.182. The maximum absolute atomic E-state index is 12.4. The predicted octanol–water partition coefficient (Wildman–Crippen LogP) is 2.60. The quantitative estimate of drug-likeness (QED) is 0.794. The summed E-state index contributed by atoms with van der Waals surface area (Å²) in [5.41, 5.74) is 6.44. The van der Waals surface area contributed by atoms with Crippen LogP contribution in [0.4, 0.5) is 18.9 Å². The highest BCUT2D eigenvalue weighted by Crippen LogP contribution is 2.31. The molecule has 17 heavy (non-hydrogen) atoms. The van der Waals surface area contributed by atoms with Gasteiger partial charge in [-0.15, -0.1) is 0 Å². The van der Waals surface area contributed by atoms with E-state index in [4.69, 9.17) is 5.73 Å². The summed E-state index contributed by atoms with van der Waals surface area (Å²) in [6.45, 7) is 0. The number of halogens is 3. The van der Waals surface area contributed by atoms with Gasteiger partial charge in [0.15, 0.2) is 0 Å². The van der Waals surface area contributed by atoms with E-state index in [0.29, 0.717) is 12.0 Å². The van der Waals surface area contributed by atoms with E-state index >= 15 is 0 Å². The standard InChI is InChI=1S/C11H10F3N3/c12-11(13,14)8-2-1-7(10(15)6-8)5-9-3-4-16-17-9/h1-4,6H,5,15H2,(H,16,17). The first-order valence-electron chi connectivity index (χ1n) is 4.90. The van der Waals surface area contributed by atoms with Gasteiger partial charge in [-0.3, -0.25) is 5.10 Å². The van der Waals surface area contributed by atoms with E-state index in [2.05, 4.69) is 10.2 Å². The first-order valence-corrected chi connectivity index (χ1v) is 4.90. The molecule has 0 aliphatic carbocycles. The van der Waals surface area contributed by atoms with Crippen molar-refractivity contribution in [2.75, 3.05) is 5.73 Å². The molecule has 0 atom stereocenters. The Hall–Kier alpha value is -1.98. The summed E-state index contributed by atoms with van der Waals surface area (Å²) in [5.74, 6) is 0. The van der Waals surface area contributed by atoms with Crippen LogP contribution in [0.2, 0.25) is 0 Å². The second-order valence-corrected chi connectivity index (χ2v) is 3.67. The van der Waals surface area contributed by atoms with Gasteiger partial charge < -0.3 is 5.73 Å². The molecule has 0 fully saturated rings. The second-order valence-electron chi connectivity index (χ2n) is 3.67. The topological polar surface area (TPSA) is 54.7 Å². The van der Waals surface area contributed by atoms with Gasteiger partial charge in [-0.2, -0.15) is 18.3 Å². The largest absolute Gasteiger partial charge is 0.416 e. The number of aromatic amines is 1. The maximum atomic E-state index is 12.4. The Morgan fingerprint density at radius 3 is 2.53 bits per heavy atom.